The van der Waals surface area contributed by atoms with E-state index < -0.39 is 16.0 Å². The Kier molecular flexibility index (Phi) is 6.67. The molecule has 0 aliphatic heterocycles. The first-order valence-electron chi connectivity index (χ1n) is 10.2. The number of esters is 1. The van der Waals surface area contributed by atoms with Crippen molar-refractivity contribution >= 4 is 33.3 Å². The summed E-state index contributed by atoms with van der Waals surface area (Å²) in [7, 11) is -2.51. The van der Waals surface area contributed by atoms with Crippen molar-refractivity contribution in [2.45, 2.75) is 18.4 Å². The monoisotopic (exact) mass is 497 g/mol. The highest BCUT2D eigenvalue weighted by molar-refractivity contribution is 7.92. The van der Waals surface area contributed by atoms with Crippen LogP contribution in [0.4, 0.5) is 5.69 Å². The van der Waals surface area contributed by atoms with Gasteiger partial charge in [0.1, 0.15) is 0 Å². The average molecular weight is 498 g/mol. The molecule has 0 amide bonds. The molecule has 0 saturated carbocycles. The van der Waals surface area contributed by atoms with Gasteiger partial charge in [-0.1, -0.05) is 64.8 Å². The van der Waals surface area contributed by atoms with Crippen LogP contribution in [0.15, 0.2) is 82.2 Å². The zero-order chi connectivity index (χ0) is 24.3. The molecular weight excluding hydrogens is 478 g/mol. The number of rotatable bonds is 7. The second-order valence-corrected chi connectivity index (χ2v) is 9.78. The van der Waals surface area contributed by atoms with Gasteiger partial charge in [-0.15, -0.1) is 0 Å². The minimum atomic E-state index is -3.94. The van der Waals surface area contributed by atoms with Crippen molar-refractivity contribution < 1.29 is 22.5 Å². The van der Waals surface area contributed by atoms with Crippen LogP contribution < -0.4 is 4.31 Å². The Morgan fingerprint density at radius 2 is 1.76 bits per heavy atom. The number of nitrogens with zero attached hydrogens (tertiary/aromatic N) is 3. The Labute approximate surface area is 201 Å². The lowest BCUT2D eigenvalue weighted by Crippen LogP contribution is -2.26. The van der Waals surface area contributed by atoms with Gasteiger partial charge in [0.15, 0.2) is 6.61 Å². The summed E-state index contributed by atoms with van der Waals surface area (Å²) in [5, 5.41) is 3.94. The van der Waals surface area contributed by atoms with E-state index in [4.69, 9.17) is 20.9 Å². The first-order chi connectivity index (χ1) is 16.3. The van der Waals surface area contributed by atoms with Crippen molar-refractivity contribution in [3.8, 4) is 11.4 Å². The second kappa shape index (κ2) is 9.66. The largest absolute Gasteiger partial charge is 0.452 e. The fourth-order valence-electron chi connectivity index (χ4n) is 3.09. The SMILES string of the molecule is Cc1ccc(-c2noc(COC(=O)c3cc(S(=O)(=O)N(C)c4ccccc4)ccc3Cl)n2)cc1. The molecule has 0 saturated heterocycles. The molecule has 0 spiro atoms. The van der Waals surface area contributed by atoms with Crippen molar-refractivity contribution in [3.05, 3.63) is 94.8 Å². The third-order valence-corrected chi connectivity index (χ3v) is 7.15. The third-order valence-electron chi connectivity index (χ3n) is 5.04. The predicted molar refractivity (Wildman–Crippen MR) is 127 cm³/mol. The number of hydrogen-bond donors (Lipinski definition) is 0. The molecule has 0 atom stereocenters. The van der Waals surface area contributed by atoms with Crippen molar-refractivity contribution in [1.29, 1.82) is 0 Å². The summed E-state index contributed by atoms with van der Waals surface area (Å²) in [6.45, 7) is 1.67. The molecule has 0 bridgehead atoms. The predicted octanol–water partition coefficient (Wildman–Crippen LogP) is 4.88. The standard InChI is InChI=1S/C24H20ClN3O5S/c1-16-8-10-17(11-9-16)23-26-22(33-27-23)15-32-24(29)20-14-19(12-13-21(20)25)34(30,31)28(2)18-6-4-3-5-7-18/h3-14H,15H2,1-2H3. The number of halogens is 1. The third kappa shape index (κ3) is 4.95. The maximum atomic E-state index is 13.1. The Hall–Kier alpha value is -3.69. The zero-order valence-electron chi connectivity index (χ0n) is 18.3. The van der Waals surface area contributed by atoms with Crippen LogP contribution in [-0.2, 0) is 21.4 Å². The van der Waals surface area contributed by atoms with Crippen LogP contribution in [0.2, 0.25) is 5.02 Å². The summed E-state index contributed by atoms with van der Waals surface area (Å²) in [6, 6.07) is 20.0. The minimum Gasteiger partial charge on any atom is -0.452 e. The van der Waals surface area contributed by atoms with Gasteiger partial charge >= 0.3 is 5.97 Å². The number of aryl methyl sites for hydroxylation is 1. The van der Waals surface area contributed by atoms with Crippen LogP contribution in [0.1, 0.15) is 21.8 Å². The van der Waals surface area contributed by atoms with E-state index in [1.165, 1.54) is 25.2 Å². The molecule has 4 aromatic rings. The maximum Gasteiger partial charge on any atom is 0.340 e. The Bertz CT molecular complexity index is 1420. The summed E-state index contributed by atoms with van der Waals surface area (Å²) in [5.74, 6) is -0.367. The molecular formula is C24H20ClN3O5S. The highest BCUT2D eigenvalue weighted by Gasteiger charge is 2.24. The number of sulfonamides is 1. The molecule has 1 heterocycles. The molecule has 10 heteroatoms. The zero-order valence-corrected chi connectivity index (χ0v) is 19.9. The van der Waals surface area contributed by atoms with E-state index in [1.54, 1.807) is 30.3 Å². The van der Waals surface area contributed by atoms with Crippen molar-refractivity contribution in [2.75, 3.05) is 11.4 Å². The van der Waals surface area contributed by atoms with Crippen LogP contribution in [0.5, 0.6) is 0 Å². The molecule has 4 rings (SSSR count). The highest BCUT2D eigenvalue weighted by Crippen LogP contribution is 2.26. The quantitative estimate of drug-likeness (QED) is 0.335. The van der Waals surface area contributed by atoms with E-state index in [9.17, 15) is 13.2 Å². The summed E-state index contributed by atoms with van der Waals surface area (Å²) < 4.78 is 37.6. The second-order valence-electron chi connectivity index (χ2n) is 7.40. The molecule has 0 N–H and O–H groups in total. The van der Waals surface area contributed by atoms with Gasteiger partial charge in [-0.3, -0.25) is 4.31 Å². The van der Waals surface area contributed by atoms with Gasteiger partial charge in [0.25, 0.3) is 15.9 Å². The highest BCUT2D eigenvalue weighted by atomic mass is 35.5. The number of para-hydroxylation sites is 1. The lowest BCUT2D eigenvalue weighted by atomic mass is 10.1. The average Bonchev–Trinajstić information content (AvgIpc) is 3.32. The van der Waals surface area contributed by atoms with E-state index in [0.717, 1.165) is 15.4 Å². The van der Waals surface area contributed by atoms with Crippen LogP contribution in [0.3, 0.4) is 0 Å². The smallest absolute Gasteiger partial charge is 0.340 e. The van der Waals surface area contributed by atoms with Gasteiger partial charge in [-0.05, 0) is 37.3 Å². The van der Waals surface area contributed by atoms with Crippen molar-refractivity contribution in [2.24, 2.45) is 0 Å². The van der Waals surface area contributed by atoms with E-state index in [1.807, 2.05) is 31.2 Å². The number of carbonyl (C=O) groups excluding carboxylic acids is 1. The van der Waals surface area contributed by atoms with E-state index in [-0.39, 0.29) is 28.0 Å². The van der Waals surface area contributed by atoms with Gasteiger partial charge < -0.3 is 9.26 Å². The normalized spacial score (nSPS) is 11.3. The van der Waals surface area contributed by atoms with E-state index >= 15 is 0 Å². The molecule has 174 valence electrons. The molecule has 3 aromatic carbocycles. The molecule has 1 aromatic heterocycles. The molecule has 0 aliphatic carbocycles. The first-order valence-corrected chi connectivity index (χ1v) is 12.0. The van der Waals surface area contributed by atoms with Gasteiger partial charge in [0.2, 0.25) is 5.82 Å². The van der Waals surface area contributed by atoms with Crippen LogP contribution in [0.25, 0.3) is 11.4 Å². The molecule has 0 radical (unpaired) electrons. The fourth-order valence-corrected chi connectivity index (χ4v) is 4.51. The van der Waals surface area contributed by atoms with Crippen LogP contribution >= 0.6 is 11.6 Å². The Morgan fingerprint density at radius 1 is 1.06 bits per heavy atom. The number of ether oxygens (including phenoxy) is 1. The molecule has 0 unspecified atom stereocenters. The van der Waals surface area contributed by atoms with Gasteiger partial charge in [0, 0.05) is 12.6 Å². The number of hydrogen-bond acceptors (Lipinski definition) is 7. The minimum absolute atomic E-state index is 0.0530. The van der Waals surface area contributed by atoms with E-state index in [2.05, 4.69) is 10.1 Å². The molecule has 0 aliphatic rings. The summed E-state index contributed by atoms with van der Waals surface area (Å²) in [5.41, 5.74) is 2.23. The lowest BCUT2D eigenvalue weighted by molar-refractivity contribution is 0.0429. The summed E-state index contributed by atoms with van der Waals surface area (Å²) in [4.78, 5) is 16.8. The van der Waals surface area contributed by atoms with Gasteiger partial charge in [-0.2, -0.15) is 4.98 Å². The maximum absolute atomic E-state index is 13.1. The molecule has 8 nitrogen and oxygen atoms in total. The Morgan fingerprint density at radius 3 is 2.47 bits per heavy atom. The van der Waals surface area contributed by atoms with Crippen LogP contribution in [-0.4, -0.2) is 31.6 Å². The summed E-state index contributed by atoms with van der Waals surface area (Å²) >= 11 is 6.16. The number of carbonyl (C=O) groups is 1. The Balaban J connectivity index is 1.50. The van der Waals surface area contributed by atoms with Gasteiger partial charge in [0.05, 0.1) is 21.2 Å². The lowest BCUT2D eigenvalue weighted by Gasteiger charge is -2.20. The number of anilines is 1. The summed E-state index contributed by atoms with van der Waals surface area (Å²) in [6.07, 6.45) is 0. The van der Waals surface area contributed by atoms with Crippen LogP contribution in [0, 0.1) is 6.92 Å². The topological polar surface area (TPSA) is 103 Å². The fraction of sp³-hybridized carbons (Fsp3) is 0.125. The number of aromatic nitrogens is 2. The van der Waals surface area contributed by atoms with Crippen molar-refractivity contribution in [1.82, 2.24) is 10.1 Å². The van der Waals surface area contributed by atoms with Crippen molar-refractivity contribution in [3.63, 3.8) is 0 Å². The number of benzene rings is 3. The molecule has 0 fully saturated rings. The van der Waals surface area contributed by atoms with Gasteiger partial charge in [-0.25, -0.2) is 13.2 Å². The first kappa shape index (κ1) is 23.5. The molecule has 34 heavy (non-hydrogen) atoms. The van der Waals surface area contributed by atoms with E-state index in [0.29, 0.717) is 11.5 Å².